The van der Waals surface area contributed by atoms with E-state index in [1.54, 1.807) is 0 Å². The van der Waals surface area contributed by atoms with E-state index in [1.807, 2.05) is 0 Å². The lowest BCUT2D eigenvalue weighted by Gasteiger charge is -2.21. The minimum atomic E-state index is -0.174. The second kappa shape index (κ2) is 24.7. The number of rotatable bonds is 26. The van der Waals surface area contributed by atoms with E-state index in [2.05, 4.69) is 134 Å². The number of β-amino-alcohol motifs (C(OH)–C–C–N with tert-alkyl or cyclic N) is 1. The summed E-state index contributed by atoms with van der Waals surface area (Å²) in [4.78, 5) is 9.71. The van der Waals surface area contributed by atoms with Crippen molar-refractivity contribution < 1.29 is 24.1 Å². The van der Waals surface area contributed by atoms with Gasteiger partial charge in [0, 0.05) is 39.3 Å². The Morgan fingerprint density at radius 1 is 0.484 bits per heavy atom. The maximum Gasteiger partial charge on any atom is 0.122 e. The van der Waals surface area contributed by atoms with Crippen molar-refractivity contribution in [2.24, 2.45) is 0 Å². The number of likely N-dealkylation sites (tertiary alicyclic amines) is 2. The van der Waals surface area contributed by atoms with Gasteiger partial charge in [-0.2, -0.15) is 0 Å². The van der Waals surface area contributed by atoms with Crippen LogP contribution in [0.2, 0.25) is 0 Å². The molecule has 6 rings (SSSR count). The van der Waals surface area contributed by atoms with Gasteiger partial charge in [0.1, 0.15) is 23.0 Å². The molecule has 0 spiro atoms. The molecule has 2 aliphatic heterocycles. The van der Waals surface area contributed by atoms with E-state index >= 15 is 0 Å². The van der Waals surface area contributed by atoms with Gasteiger partial charge in [-0.05, 0) is 188 Å². The molecule has 9 nitrogen and oxygen atoms in total. The van der Waals surface area contributed by atoms with Crippen LogP contribution in [0.25, 0.3) is 22.3 Å². The van der Waals surface area contributed by atoms with Gasteiger partial charge in [0.15, 0.2) is 0 Å². The van der Waals surface area contributed by atoms with Crippen LogP contribution in [0.1, 0.15) is 73.6 Å². The SMILES string of the molecule is Cc1c(OCCCN(C)CCCN(C)CCCOc2cccc(-c3cccc(OCCCN4CC[C@@H](O)C4)c3C)c2C)cccc1-c1cccc(OCCCN2CCCC2)c1C. The predicted molar refractivity (Wildman–Crippen MR) is 256 cm³/mol. The molecule has 0 aromatic heterocycles. The van der Waals surface area contributed by atoms with Crippen molar-refractivity contribution in [3.8, 4) is 45.3 Å². The zero-order valence-electron chi connectivity index (χ0n) is 38.9. The van der Waals surface area contributed by atoms with E-state index in [0.29, 0.717) is 19.8 Å². The highest BCUT2D eigenvalue weighted by molar-refractivity contribution is 5.75. The predicted octanol–water partition coefficient (Wildman–Crippen LogP) is 9.45. The average molecular weight is 849 g/mol. The molecule has 0 bridgehead atoms. The Labute approximate surface area is 373 Å². The van der Waals surface area contributed by atoms with E-state index in [9.17, 15) is 5.11 Å². The minimum Gasteiger partial charge on any atom is -0.493 e. The molecule has 0 radical (unpaired) electrons. The lowest BCUT2D eigenvalue weighted by Crippen LogP contribution is -2.28. The molecular weight excluding hydrogens is 773 g/mol. The number of ether oxygens (including phenoxy) is 4. The van der Waals surface area contributed by atoms with Gasteiger partial charge in [0.25, 0.3) is 0 Å². The fraction of sp³-hybridized carbons (Fsp3) is 0.547. The molecule has 2 fully saturated rings. The van der Waals surface area contributed by atoms with Crippen LogP contribution >= 0.6 is 0 Å². The number of hydrogen-bond donors (Lipinski definition) is 1. The standard InChI is InChI=1S/C53H76N4O5/c1-41-46(48-20-11-24-52(43(48)3)61-38-16-33-56-31-7-8-32-56)18-9-22-50(41)59-36-14-29-54(5)27-13-28-55(6)30-15-37-60-51-23-10-19-47(42(51)2)49-21-12-25-53(44(49)4)62-39-17-34-57-35-26-45(58)40-57/h9-12,18-25,45,58H,7-8,13-17,26-40H2,1-6H3/t45-/m1/s1. The number of nitrogens with zero attached hydrogens (tertiary/aromatic N) is 4. The maximum atomic E-state index is 9.80. The first-order valence-electron chi connectivity index (χ1n) is 23.6. The summed E-state index contributed by atoms with van der Waals surface area (Å²) in [5, 5.41) is 9.80. The van der Waals surface area contributed by atoms with Crippen LogP contribution in [0, 0.1) is 27.7 Å². The van der Waals surface area contributed by atoms with E-state index in [0.717, 1.165) is 132 Å². The summed E-state index contributed by atoms with van der Waals surface area (Å²) in [7, 11) is 4.43. The number of benzene rings is 4. The van der Waals surface area contributed by atoms with Crippen molar-refractivity contribution in [3.63, 3.8) is 0 Å². The fourth-order valence-corrected chi connectivity index (χ4v) is 9.08. The smallest absolute Gasteiger partial charge is 0.122 e. The normalized spacial score (nSPS) is 15.9. The summed E-state index contributed by atoms with van der Waals surface area (Å²) in [5.74, 6) is 3.82. The molecule has 0 unspecified atom stereocenters. The topological polar surface area (TPSA) is 70.1 Å². The first-order chi connectivity index (χ1) is 30.2. The van der Waals surface area contributed by atoms with E-state index in [-0.39, 0.29) is 6.10 Å². The van der Waals surface area contributed by atoms with Crippen molar-refractivity contribution in [2.75, 3.05) is 106 Å². The van der Waals surface area contributed by atoms with Crippen LogP contribution in [0.4, 0.5) is 0 Å². The summed E-state index contributed by atoms with van der Waals surface area (Å²) >= 11 is 0. The van der Waals surface area contributed by atoms with Crippen LogP contribution in [0.15, 0.2) is 72.8 Å². The lowest BCUT2D eigenvalue weighted by atomic mass is 9.95. The summed E-state index contributed by atoms with van der Waals surface area (Å²) in [6.45, 7) is 21.9. The Morgan fingerprint density at radius 2 is 0.839 bits per heavy atom. The summed E-state index contributed by atoms with van der Waals surface area (Å²) in [5.41, 5.74) is 9.47. The van der Waals surface area contributed by atoms with Gasteiger partial charge < -0.3 is 43.7 Å². The minimum absolute atomic E-state index is 0.174. The third-order valence-corrected chi connectivity index (χ3v) is 12.9. The maximum absolute atomic E-state index is 9.80. The second-order valence-corrected chi connectivity index (χ2v) is 17.8. The van der Waals surface area contributed by atoms with Crippen LogP contribution in [-0.4, -0.2) is 137 Å². The van der Waals surface area contributed by atoms with Crippen molar-refractivity contribution in [1.29, 1.82) is 0 Å². The Balaban J connectivity index is 0.851. The molecule has 2 saturated heterocycles. The Hall–Kier alpha value is -4.12. The first kappa shape index (κ1) is 47.4. The lowest BCUT2D eigenvalue weighted by molar-refractivity contribution is 0.173. The van der Waals surface area contributed by atoms with Gasteiger partial charge in [0.2, 0.25) is 0 Å². The highest BCUT2D eigenvalue weighted by Gasteiger charge is 2.20. The molecule has 4 aromatic rings. The van der Waals surface area contributed by atoms with Crippen molar-refractivity contribution in [1.82, 2.24) is 19.6 Å². The number of aliphatic hydroxyl groups excluding tert-OH is 1. The van der Waals surface area contributed by atoms with Gasteiger partial charge in [-0.3, -0.25) is 0 Å². The van der Waals surface area contributed by atoms with Gasteiger partial charge in [-0.1, -0.05) is 48.5 Å². The molecule has 0 saturated carbocycles. The molecule has 1 atom stereocenters. The molecule has 0 amide bonds. The molecule has 4 aromatic carbocycles. The summed E-state index contributed by atoms with van der Waals surface area (Å²) in [6, 6.07) is 25.5. The van der Waals surface area contributed by atoms with Crippen molar-refractivity contribution >= 4 is 0 Å². The molecular formula is C53H76N4O5. The molecule has 62 heavy (non-hydrogen) atoms. The first-order valence-corrected chi connectivity index (χ1v) is 23.6. The highest BCUT2D eigenvalue weighted by Crippen LogP contribution is 2.37. The Morgan fingerprint density at radius 3 is 1.21 bits per heavy atom. The van der Waals surface area contributed by atoms with Crippen molar-refractivity contribution in [2.45, 2.75) is 85.2 Å². The monoisotopic (exact) mass is 849 g/mol. The Bertz CT molecular complexity index is 1960. The summed E-state index contributed by atoms with van der Waals surface area (Å²) in [6.07, 6.45) is 8.47. The number of hydrogen-bond acceptors (Lipinski definition) is 9. The van der Waals surface area contributed by atoms with Crippen molar-refractivity contribution in [3.05, 3.63) is 95.1 Å². The fourth-order valence-electron chi connectivity index (χ4n) is 9.08. The molecule has 0 aliphatic carbocycles. The van der Waals surface area contributed by atoms with Crippen LogP contribution in [0.5, 0.6) is 23.0 Å². The van der Waals surface area contributed by atoms with Crippen LogP contribution in [-0.2, 0) is 0 Å². The third kappa shape index (κ3) is 13.9. The molecule has 9 heteroatoms. The van der Waals surface area contributed by atoms with E-state index in [1.165, 1.54) is 59.3 Å². The van der Waals surface area contributed by atoms with Crippen LogP contribution in [0.3, 0.4) is 0 Å². The number of aliphatic hydroxyl groups is 1. The zero-order valence-corrected chi connectivity index (χ0v) is 38.9. The highest BCUT2D eigenvalue weighted by atomic mass is 16.5. The zero-order chi connectivity index (χ0) is 43.7. The molecule has 2 aliphatic rings. The molecule has 1 N–H and O–H groups in total. The Kier molecular flexibility index (Phi) is 18.8. The van der Waals surface area contributed by atoms with E-state index in [4.69, 9.17) is 18.9 Å². The largest absolute Gasteiger partial charge is 0.493 e. The van der Waals surface area contributed by atoms with E-state index < -0.39 is 0 Å². The quantitative estimate of drug-likeness (QED) is 0.0623. The van der Waals surface area contributed by atoms with Gasteiger partial charge in [0.05, 0.1) is 32.5 Å². The average Bonchev–Trinajstić information content (AvgIpc) is 3.95. The molecule has 2 heterocycles. The van der Waals surface area contributed by atoms with Gasteiger partial charge in [-0.25, -0.2) is 0 Å². The molecule has 338 valence electrons. The van der Waals surface area contributed by atoms with Crippen LogP contribution < -0.4 is 18.9 Å². The third-order valence-electron chi connectivity index (χ3n) is 12.9. The second-order valence-electron chi connectivity index (χ2n) is 17.8. The summed E-state index contributed by atoms with van der Waals surface area (Å²) < 4.78 is 25.2. The van der Waals surface area contributed by atoms with Gasteiger partial charge in [-0.15, -0.1) is 0 Å². The van der Waals surface area contributed by atoms with Gasteiger partial charge >= 0.3 is 0 Å².